The number of rotatable bonds is 5. The number of carbonyl (C=O) groups is 3. The lowest BCUT2D eigenvalue weighted by Crippen LogP contribution is -2.68. The molecule has 1 atom stereocenters. The van der Waals surface area contributed by atoms with E-state index in [1.54, 1.807) is 0 Å². The maximum absolute atomic E-state index is 12.5. The van der Waals surface area contributed by atoms with Gasteiger partial charge in [0.25, 0.3) is 0 Å². The first-order valence-electron chi connectivity index (χ1n) is 9.14. The normalized spacial score (nSPS) is 19.0. The van der Waals surface area contributed by atoms with Crippen LogP contribution in [0.15, 0.2) is 60.7 Å². The van der Waals surface area contributed by atoms with Crippen molar-refractivity contribution in [1.82, 2.24) is 20.7 Å². The zero-order valence-electron chi connectivity index (χ0n) is 15.2. The Hall–Kier alpha value is -3.39. The largest absolute Gasteiger partial charge is 0.350 e. The molecule has 0 saturated carbocycles. The zero-order chi connectivity index (χ0) is 19.5. The van der Waals surface area contributed by atoms with E-state index in [4.69, 9.17) is 0 Å². The predicted octanol–water partition coefficient (Wildman–Crippen LogP) is 0.282. The summed E-state index contributed by atoms with van der Waals surface area (Å²) in [6.07, 6.45) is -0.491. The number of nitrogens with one attached hydrogen (secondary N) is 2. The van der Waals surface area contributed by atoms with Crippen molar-refractivity contribution in [3.63, 3.8) is 0 Å². The van der Waals surface area contributed by atoms with Crippen molar-refractivity contribution in [2.24, 2.45) is 0 Å². The minimum absolute atomic E-state index is 0.232. The second-order valence-corrected chi connectivity index (χ2v) is 6.68. The molecular formula is C20H21N5O3. The Morgan fingerprint density at radius 3 is 2.29 bits per heavy atom. The lowest BCUT2D eigenvalue weighted by Gasteiger charge is -2.40. The van der Waals surface area contributed by atoms with Gasteiger partial charge >= 0.3 is 11.8 Å². The molecule has 144 valence electrons. The SMILES string of the molecule is O=C(CN1NC2N(CCN2c2ccccc2)C(=O)C1=O)NCc1ccccc1. The highest BCUT2D eigenvalue weighted by molar-refractivity contribution is 6.35. The highest BCUT2D eigenvalue weighted by Gasteiger charge is 2.45. The molecule has 0 bridgehead atoms. The summed E-state index contributed by atoms with van der Waals surface area (Å²) >= 11 is 0. The number of carbonyl (C=O) groups excluding carboxylic acids is 3. The number of para-hydroxylation sites is 1. The fourth-order valence-electron chi connectivity index (χ4n) is 3.42. The van der Waals surface area contributed by atoms with Gasteiger partial charge in [-0.25, -0.2) is 0 Å². The summed E-state index contributed by atoms with van der Waals surface area (Å²) in [5.74, 6) is -1.66. The highest BCUT2D eigenvalue weighted by atomic mass is 16.2. The Morgan fingerprint density at radius 2 is 1.57 bits per heavy atom. The van der Waals surface area contributed by atoms with Gasteiger partial charge in [0.1, 0.15) is 6.54 Å². The molecule has 1 unspecified atom stereocenters. The van der Waals surface area contributed by atoms with Crippen molar-refractivity contribution < 1.29 is 14.4 Å². The summed E-state index contributed by atoms with van der Waals surface area (Å²) in [7, 11) is 0. The van der Waals surface area contributed by atoms with Crippen molar-refractivity contribution >= 4 is 23.4 Å². The van der Waals surface area contributed by atoms with Crippen LogP contribution in [-0.2, 0) is 20.9 Å². The van der Waals surface area contributed by atoms with Crippen molar-refractivity contribution in [3.05, 3.63) is 66.2 Å². The van der Waals surface area contributed by atoms with Crippen molar-refractivity contribution in [2.75, 3.05) is 24.5 Å². The molecule has 2 N–H and O–H groups in total. The summed E-state index contributed by atoms with van der Waals surface area (Å²) < 4.78 is 0. The molecule has 8 nitrogen and oxygen atoms in total. The third kappa shape index (κ3) is 3.54. The van der Waals surface area contributed by atoms with Gasteiger partial charge in [-0.1, -0.05) is 48.5 Å². The molecule has 0 spiro atoms. The van der Waals surface area contributed by atoms with E-state index in [-0.39, 0.29) is 12.5 Å². The van der Waals surface area contributed by atoms with E-state index in [0.29, 0.717) is 19.6 Å². The second-order valence-electron chi connectivity index (χ2n) is 6.68. The smallest absolute Gasteiger partial charge is 0.326 e. The zero-order valence-corrected chi connectivity index (χ0v) is 15.2. The molecule has 2 heterocycles. The second kappa shape index (κ2) is 7.69. The summed E-state index contributed by atoms with van der Waals surface area (Å²) in [4.78, 5) is 40.7. The average Bonchev–Trinajstić information content (AvgIpc) is 3.15. The van der Waals surface area contributed by atoms with E-state index >= 15 is 0 Å². The van der Waals surface area contributed by atoms with E-state index < -0.39 is 18.1 Å². The fraction of sp³-hybridized carbons (Fsp3) is 0.250. The molecule has 2 fully saturated rings. The van der Waals surface area contributed by atoms with E-state index in [9.17, 15) is 14.4 Å². The van der Waals surface area contributed by atoms with Gasteiger partial charge in [0.05, 0.1) is 0 Å². The molecule has 28 heavy (non-hydrogen) atoms. The van der Waals surface area contributed by atoms with Crippen LogP contribution in [0.25, 0.3) is 0 Å². The predicted molar refractivity (Wildman–Crippen MR) is 102 cm³/mol. The minimum Gasteiger partial charge on any atom is -0.350 e. The van der Waals surface area contributed by atoms with Crippen LogP contribution < -0.4 is 15.6 Å². The van der Waals surface area contributed by atoms with E-state index in [1.165, 1.54) is 4.90 Å². The third-order valence-corrected chi connectivity index (χ3v) is 4.85. The van der Waals surface area contributed by atoms with Gasteiger partial charge in [0, 0.05) is 25.3 Å². The van der Waals surface area contributed by atoms with Gasteiger partial charge in [-0.05, 0) is 17.7 Å². The molecule has 2 aromatic rings. The van der Waals surface area contributed by atoms with Gasteiger partial charge < -0.3 is 10.2 Å². The molecule has 0 aliphatic carbocycles. The first kappa shape index (κ1) is 18.0. The van der Waals surface area contributed by atoms with Crippen LogP contribution in [0.4, 0.5) is 5.69 Å². The molecule has 8 heteroatoms. The lowest BCUT2D eigenvalue weighted by atomic mass is 10.2. The van der Waals surface area contributed by atoms with Gasteiger partial charge in [-0.2, -0.15) is 5.43 Å². The number of nitrogens with zero attached hydrogens (tertiary/aromatic N) is 3. The third-order valence-electron chi connectivity index (χ3n) is 4.85. The molecule has 2 aliphatic rings. The maximum Gasteiger partial charge on any atom is 0.326 e. The van der Waals surface area contributed by atoms with Crippen molar-refractivity contribution in [3.8, 4) is 0 Å². The topological polar surface area (TPSA) is 85.0 Å². The maximum atomic E-state index is 12.5. The van der Waals surface area contributed by atoms with Crippen LogP contribution in [0.1, 0.15) is 5.56 Å². The van der Waals surface area contributed by atoms with E-state index in [1.807, 2.05) is 65.6 Å². The molecule has 2 aliphatic heterocycles. The first-order valence-corrected chi connectivity index (χ1v) is 9.14. The molecule has 2 aromatic carbocycles. The molecule has 2 saturated heterocycles. The molecule has 0 radical (unpaired) electrons. The molecular weight excluding hydrogens is 358 g/mol. The molecule has 4 rings (SSSR count). The summed E-state index contributed by atoms with van der Waals surface area (Å²) in [5, 5.41) is 3.88. The van der Waals surface area contributed by atoms with Crippen molar-refractivity contribution in [2.45, 2.75) is 12.8 Å². The van der Waals surface area contributed by atoms with Crippen LogP contribution >= 0.6 is 0 Å². The van der Waals surface area contributed by atoms with E-state index in [2.05, 4.69) is 10.7 Å². The Labute approximate surface area is 162 Å². The standard InChI is InChI=1S/C20H21N5O3/c26-17(21-13-15-7-3-1-4-8-15)14-25-19(28)18(27)24-12-11-23(20(24)22-25)16-9-5-2-6-10-16/h1-10,20,22H,11-14H2,(H,21,26). The minimum atomic E-state index is -0.721. The van der Waals surface area contributed by atoms with Crippen LogP contribution in [0.2, 0.25) is 0 Å². The Kier molecular flexibility index (Phi) is 4.94. The highest BCUT2D eigenvalue weighted by Crippen LogP contribution is 2.24. The van der Waals surface area contributed by atoms with E-state index in [0.717, 1.165) is 16.3 Å². The molecule has 3 amide bonds. The van der Waals surface area contributed by atoms with Crippen LogP contribution in [0.5, 0.6) is 0 Å². The Balaban J connectivity index is 1.42. The Bertz CT molecular complexity index is 874. The first-order chi connectivity index (χ1) is 13.6. The quantitative estimate of drug-likeness (QED) is 0.729. The number of hydrogen-bond acceptors (Lipinski definition) is 5. The Morgan fingerprint density at radius 1 is 0.929 bits per heavy atom. The summed E-state index contributed by atoms with van der Waals surface area (Å²) in [6.45, 7) is 1.19. The lowest BCUT2D eigenvalue weighted by molar-refractivity contribution is -0.163. The van der Waals surface area contributed by atoms with Gasteiger partial charge in [0.15, 0.2) is 6.29 Å². The fourth-order valence-corrected chi connectivity index (χ4v) is 3.42. The molecule has 0 aromatic heterocycles. The summed E-state index contributed by atoms with van der Waals surface area (Å²) in [6, 6.07) is 19.1. The monoisotopic (exact) mass is 379 g/mol. The number of hydrogen-bond donors (Lipinski definition) is 2. The average molecular weight is 379 g/mol. The van der Waals surface area contributed by atoms with Crippen LogP contribution in [0, 0.1) is 0 Å². The van der Waals surface area contributed by atoms with Gasteiger partial charge in [-0.3, -0.25) is 24.3 Å². The van der Waals surface area contributed by atoms with Crippen LogP contribution in [0.3, 0.4) is 0 Å². The van der Waals surface area contributed by atoms with Crippen molar-refractivity contribution in [1.29, 1.82) is 0 Å². The number of fused-ring (bicyclic) bond motifs is 1. The number of hydrazine groups is 1. The number of amides is 3. The van der Waals surface area contributed by atoms with Gasteiger partial charge in [-0.15, -0.1) is 0 Å². The van der Waals surface area contributed by atoms with Gasteiger partial charge in [0.2, 0.25) is 5.91 Å². The number of benzene rings is 2. The number of anilines is 1. The summed E-state index contributed by atoms with van der Waals surface area (Å²) in [5.41, 5.74) is 4.93. The van der Waals surface area contributed by atoms with Crippen LogP contribution in [-0.4, -0.2) is 53.6 Å².